The van der Waals surface area contributed by atoms with Gasteiger partial charge in [-0.15, -0.1) is 11.3 Å². The third-order valence-electron chi connectivity index (χ3n) is 3.09. The molecule has 1 aromatic carbocycles. The fourth-order valence-electron chi connectivity index (χ4n) is 2.02. The molecule has 0 aliphatic heterocycles. The highest BCUT2D eigenvalue weighted by atomic mass is 32.1. The van der Waals surface area contributed by atoms with Gasteiger partial charge in [0.2, 0.25) is 0 Å². The quantitative estimate of drug-likeness (QED) is 0.769. The van der Waals surface area contributed by atoms with Crippen molar-refractivity contribution in [3.05, 3.63) is 52.6 Å². The van der Waals surface area contributed by atoms with Crippen LogP contribution >= 0.6 is 11.3 Å². The maximum Gasteiger partial charge on any atom is 0.271 e. The number of thiazole rings is 1. The van der Waals surface area contributed by atoms with Crippen LogP contribution in [0.2, 0.25) is 0 Å². The SMILES string of the molecule is CC(NC(=O)c1cscn1)c1ccc2[nH]ccc2c1. The molecule has 96 valence electrons. The van der Waals surface area contributed by atoms with Crippen molar-refractivity contribution in [2.75, 3.05) is 0 Å². The van der Waals surface area contributed by atoms with Crippen LogP contribution in [-0.2, 0) is 0 Å². The van der Waals surface area contributed by atoms with Gasteiger partial charge in [0.25, 0.3) is 5.91 Å². The molecule has 1 unspecified atom stereocenters. The van der Waals surface area contributed by atoms with Crippen LogP contribution in [0.4, 0.5) is 0 Å². The van der Waals surface area contributed by atoms with Gasteiger partial charge in [-0.05, 0) is 36.1 Å². The lowest BCUT2D eigenvalue weighted by Crippen LogP contribution is -2.26. The van der Waals surface area contributed by atoms with Gasteiger partial charge in [0.1, 0.15) is 5.69 Å². The van der Waals surface area contributed by atoms with Gasteiger partial charge >= 0.3 is 0 Å². The van der Waals surface area contributed by atoms with Crippen LogP contribution in [0.25, 0.3) is 10.9 Å². The molecule has 0 bridgehead atoms. The van der Waals surface area contributed by atoms with Crippen molar-refractivity contribution in [3.8, 4) is 0 Å². The van der Waals surface area contributed by atoms with Gasteiger partial charge in [-0.3, -0.25) is 4.79 Å². The van der Waals surface area contributed by atoms with Gasteiger partial charge in [0.15, 0.2) is 0 Å². The average Bonchev–Trinajstić information content (AvgIpc) is 3.09. The number of carbonyl (C=O) groups is 1. The van der Waals surface area contributed by atoms with Crippen molar-refractivity contribution in [3.63, 3.8) is 0 Å². The van der Waals surface area contributed by atoms with Gasteiger partial charge in [0, 0.05) is 17.1 Å². The molecular weight excluding hydrogens is 258 g/mol. The van der Waals surface area contributed by atoms with Gasteiger partial charge in [-0.25, -0.2) is 4.98 Å². The molecule has 0 aliphatic carbocycles. The second-order valence-electron chi connectivity index (χ2n) is 4.39. The Bertz CT molecular complexity index is 702. The first-order chi connectivity index (χ1) is 9.24. The number of hydrogen-bond donors (Lipinski definition) is 2. The van der Waals surface area contributed by atoms with Crippen LogP contribution in [0.1, 0.15) is 29.0 Å². The summed E-state index contributed by atoms with van der Waals surface area (Å²) in [5.74, 6) is -0.136. The Balaban J connectivity index is 1.79. The molecular formula is C14H13N3OS. The van der Waals surface area contributed by atoms with E-state index in [2.05, 4.69) is 21.4 Å². The molecule has 19 heavy (non-hydrogen) atoms. The first kappa shape index (κ1) is 11.9. The third-order valence-corrected chi connectivity index (χ3v) is 3.68. The summed E-state index contributed by atoms with van der Waals surface area (Å²) in [6, 6.07) is 8.10. The predicted octanol–water partition coefficient (Wildman–Crippen LogP) is 3.12. The van der Waals surface area contributed by atoms with Crippen molar-refractivity contribution in [2.24, 2.45) is 0 Å². The van der Waals surface area contributed by atoms with E-state index in [4.69, 9.17) is 0 Å². The average molecular weight is 271 g/mol. The lowest BCUT2D eigenvalue weighted by molar-refractivity contribution is 0.0935. The van der Waals surface area contributed by atoms with Crippen molar-refractivity contribution in [1.29, 1.82) is 0 Å². The molecule has 2 heterocycles. The van der Waals surface area contributed by atoms with Crippen molar-refractivity contribution < 1.29 is 4.79 Å². The van der Waals surface area contributed by atoms with Crippen LogP contribution in [-0.4, -0.2) is 15.9 Å². The van der Waals surface area contributed by atoms with Crippen molar-refractivity contribution >= 4 is 28.1 Å². The topological polar surface area (TPSA) is 57.8 Å². The molecule has 2 N–H and O–H groups in total. The number of nitrogens with one attached hydrogen (secondary N) is 2. The molecule has 5 heteroatoms. The Labute approximate surface area is 114 Å². The number of H-pyrrole nitrogens is 1. The Morgan fingerprint density at radius 1 is 1.42 bits per heavy atom. The van der Waals surface area contributed by atoms with Crippen LogP contribution in [0.15, 0.2) is 41.4 Å². The first-order valence-corrected chi connectivity index (χ1v) is 6.94. The molecule has 0 saturated carbocycles. The predicted molar refractivity (Wildman–Crippen MR) is 76.3 cm³/mol. The lowest BCUT2D eigenvalue weighted by Gasteiger charge is -2.13. The zero-order valence-electron chi connectivity index (χ0n) is 10.4. The largest absolute Gasteiger partial charge is 0.361 e. The molecule has 3 aromatic rings. The summed E-state index contributed by atoms with van der Waals surface area (Å²) in [5.41, 5.74) is 4.31. The van der Waals surface area contributed by atoms with E-state index in [0.717, 1.165) is 16.5 Å². The summed E-state index contributed by atoms with van der Waals surface area (Å²) in [6.07, 6.45) is 1.91. The second kappa shape index (κ2) is 4.85. The molecule has 0 spiro atoms. The van der Waals surface area contributed by atoms with Gasteiger partial charge in [0.05, 0.1) is 11.6 Å². The van der Waals surface area contributed by atoms with Crippen molar-refractivity contribution in [1.82, 2.24) is 15.3 Å². The summed E-state index contributed by atoms with van der Waals surface area (Å²) < 4.78 is 0. The smallest absolute Gasteiger partial charge is 0.271 e. The van der Waals surface area contributed by atoms with E-state index in [1.54, 1.807) is 10.9 Å². The van der Waals surface area contributed by atoms with E-state index in [1.807, 2.05) is 31.3 Å². The molecule has 3 rings (SSSR count). The number of fused-ring (bicyclic) bond motifs is 1. The third kappa shape index (κ3) is 2.37. The monoisotopic (exact) mass is 271 g/mol. The molecule has 0 saturated heterocycles. The highest BCUT2D eigenvalue weighted by molar-refractivity contribution is 7.07. The van der Waals surface area contributed by atoms with Crippen LogP contribution in [0.3, 0.4) is 0 Å². The zero-order chi connectivity index (χ0) is 13.2. The van der Waals surface area contributed by atoms with Gasteiger partial charge in [-0.2, -0.15) is 0 Å². The van der Waals surface area contributed by atoms with Crippen LogP contribution < -0.4 is 5.32 Å². The van der Waals surface area contributed by atoms with E-state index in [-0.39, 0.29) is 11.9 Å². The molecule has 0 fully saturated rings. The minimum atomic E-state index is -0.136. The number of carbonyl (C=O) groups excluding carboxylic acids is 1. The number of amides is 1. The van der Waals surface area contributed by atoms with Crippen LogP contribution in [0.5, 0.6) is 0 Å². The maximum absolute atomic E-state index is 11.9. The van der Waals surface area contributed by atoms with E-state index in [9.17, 15) is 4.79 Å². The Morgan fingerprint density at radius 2 is 2.32 bits per heavy atom. The first-order valence-electron chi connectivity index (χ1n) is 6.00. The molecule has 1 amide bonds. The number of aromatic amines is 1. The van der Waals surface area contributed by atoms with E-state index in [0.29, 0.717) is 5.69 Å². The van der Waals surface area contributed by atoms with E-state index in [1.165, 1.54) is 11.3 Å². The molecule has 2 aromatic heterocycles. The summed E-state index contributed by atoms with van der Waals surface area (Å²) in [7, 11) is 0. The zero-order valence-corrected chi connectivity index (χ0v) is 11.2. The van der Waals surface area contributed by atoms with Crippen molar-refractivity contribution in [2.45, 2.75) is 13.0 Å². The number of rotatable bonds is 3. The van der Waals surface area contributed by atoms with Gasteiger partial charge in [-0.1, -0.05) is 6.07 Å². The highest BCUT2D eigenvalue weighted by Gasteiger charge is 2.13. The molecule has 4 nitrogen and oxygen atoms in total. The highest BCUT2D eigenvalue weighted by Crippen LogP contribution is 2.19. The van der Waals surface area contributed by atoms with Gasteiger partial charge < -0.3 is 10.3 Å². The number of nitrogens with zero attached hydrogens (tertiary/aromatic N) is 1. The summed E-state index contributed by atoms with van der Waals surface area (Å²) >= 11 is 1.42. The fraction of sp³-hybridized carbons (Fsp3) is 0.143. The Kier molecular flexibility index (Phi) is 3.05. The summed E-state index contributed by atoms with van der Waals surface area (Å²) in [6.45, 7) is 1.97. The number of hydrogen-bond acceptors (Lipinski definition) is 3. The van der Waals surface area contributed by atoms with E-state index < -0.39 is 0 Å². The maximum atomic E-state index is 11.9. The minimum Gasteiger partial charge on any atom is -0.361 e. The lowest BCUT2D eigenvalue weighted by atomic mass is 10.1. The minimum absolute atomic E-state index is 0.0477. The number of aromatic nitrogens is 2. The molecule has 1 atom stereocenters. The van der Waals surface area contributed by atoms with Crippen LogP contribution in [0, 0.1) is 0 Å². The Morgan fingerprint density at radius 3 is 3.11 bits per heavy atom. The normalized spacial score (nSPS) is 12.5. The summed E-state index contributed by atoms with van der Waals surface area (Å²) in [5, 5.41) is 5.84. The second-order valence-corrected chi connectivity index (χ2v) is 5.11. The Hall–Kier alpha value is -2.14. The number of benzene rings is 1. The summed E-state index contributed by atoms with van der Waals surface area (Å²) in [4.78, 5) is 19.1. The molecule has 0 aliphatic rings. The fourth-order valence-corrected chi connectivity index (χ4v) is 2.55. The molecule has 0 radical (unpaired) electrons. The standard InChI is InChI=1S/C14H13N3OS/c1-9(17-14(18)13-7-19-8-16-13)10-2-3-12-11(6-10)4-5-15-12/h2-9,15H,1H3,(H,17,18). The van der Waals surface area contributed by atoms with E-state index >= 15 is 0 Å².